The molecule has 0 atom stereocenters. The number of para-hydroxylation sites is 1. The minimum absolute atomic E-state index is 0.172. The number of pyridine rings is 1. The second-order valence-corrected chi connectivity index (χ2v) is 5.44. The molecule has 7 heteroatoms. The van der Waals surface area contributed by atoms with E-state index in [-0.39, 0.29) is 5.56 Å². The SMILES string of the molecule is O=C(NNC(=O)c1cc(=O)[nH]c2ccccc12)c1ccc(Cl)cc1. The lowest BCUT2D eigenvalue weighted by Gasteiger charge is -2.09. The van der Waals surface area contributed by atoms with Gasteiger partial charge in [-0.2, -0.15) is 0 Å². The van der Waals surface area contributed by atoms with E-state index < -0.39 is 17.4 Å². The quantitative estimate of drug-likeness (QED) is 0.624. The van der Waals surface area contributed by atoms with Gasteiger partial charge in [-0.15, -0.1) is 0 Å². The molecule has 1 aromatic heterocycles. The topological polar surface area (TPSA) is 91.1 Å². The summed E-state index contributed by atoms with van der Waals surface area (Å²) >= 11 is 5.76. The van der Waals surface area contributed by atoms with E-state index in [9.17, 15) is 14.4 Å². The summed E-state index contributed by atoms with van der Waals surface area (Å²) in [5.74, 6) is -1.08. The van der Waals surface area contributed by atoms with Crippen LogP contribution in [0.4, 0.5) is 0 Å². The average molecular weight is 342 g/mol. The smallest absolute Gasteiger partial charge is 0.270 e. The molecule has 0 bridgehead atoms. The summed E-state index contributed by atoms with van der Waals surface area (Å²) < 4.78 is 0. The maximum atomic E-state index is 12.3. The van der Waals surface area contributed by atoms with Crippen molar-refractivity contribution < 1.29 is 9.59 Å². The Morgan fingerprint density at radius 3 is 2.33 bits per heavy atom. The van der Waals surface area contributed by atoms with Crippen LogP contribution in [0.2, 0.25) is 5.02 Å². The fourth-order valence-corrected chi connectivity index (χ4v) is 2.37. The van der Waals surface area contributed by atoms with Gasteiger partial charge in [0.05, 0.1) is 5.56 Å². The second-order valence-electron chi connectivity index (χ2n) is 5.01. The Labute approximate surface area is 141 Å². The first-order valence-corrected chi connectivity index (χ1v) is 7.41. The minimum Gasteiger partial charge on any atom is -0.322 e. The lowest BCUT2D eigenvalue weighted by Crippen LogP contribution is -2.42. The van der Waals surface area contributed by atoms with Crippen molar-refractivity contribution in [3.05, 3.63) is 81.1 Å². The third-order valence-electron chi connectivity index (χ3n) is 3.39. The molecule has 3 aromatic rings. The van der Waals surface area contributed by atoms with Gasteiger partial charge in [-0.1, -0.05) is 29.8 Å². The van der Waals surface area contributed by atoms with Crippen LogP contribution in [0.25, 0.3) is 10.9 Å². The summed E-state index contributed by atoms with van der Waals surface area (Å²) in [6.07, 6.45) is 0. The van der Waals surface area contributed by atoms with Crippen molar-refractivity contribution in [3.8, 4) is 0 Å². The molecule has 0 unspecified atom stereocenters. The van der Waals surface area contributed by atoms with Crippen molar-refractivity contribution in [2.24, 2.45) is 0 Å². The van der Waals surface area contributed by atoms with E-state index >= 15 is 0 Å². The number of amides is 2. The summed E-state index contributed by atoms with van der Waals surface area (Å²) in [7, 11) is 0. The molecule has 0 radical (unpaired) electrons. The first kappa shape index (κ1) is 15.8. The van der Waals surface area contributed by atoms with Crippen LogP contribution in [-0.4, -0.2) is 16.8 Å². The van der Waals surface area contributed by atoms with Gasteiger partial charge in [-0.3, -0.25) is 25.2 Å². The summed E-state index contributed by atoms with van der Waals surface area (Å²) in [6.45, 7) is 0. The van der Waals surface area contributed by atoms with Crippen molar-refractivity contribution in [1.82, 2.24) is 15.8 Å². The maximum Gasteiger partial charge on any atom is 0.270 e. The number of H-pyrrole nitrogens is 1. The van der Waals surface area contributed by atoms with Gasteiger partial charge in [-0.05, 0) is 30.3 Å². The van der Waals surface area contributed by atoms with E-state index in [1.807, 2.05) is 0 Å². The highest BCUT2D eigenvalue weighted by Gasteiger charge is 2.13. The molecule has 3 N–H and O–H groups in total. The van der Waals surface area contributed by atoms with Gasteiger partial charge >= 0.3 is 0 Å². The fraction of sp³-hybridized carbons (Fsp3) is 0. The van der Waals surface area contributed by atoms with Gasteiger partial charge in [0, 0.05) is 27.6 Å². The van der Waals surface area contributed by atoms with Crippen LogP contribution < -0.4 is 16.4 Å². The normalized spacial score (nSPS) is 10.4. The predicted molar refractivity (Wildman–Crippen MR) is 91.0 cm³/mol. The summed E-state index contributed by atoms with van der Waals surface area (Å²) in [5.41, 5.74) is 5.27. The number of aromatic nitrogens is 1. The molecule has 6 nitrogen and oxygen atoms in total. The molecule has 0 saturated carbocycles. The zero-order chi connectivity index (χ0) is 17.1. The highest BCUT2D eigenvalue weighted by Crippen LogP contribution is 2.14. The third-order valence-corrected chi connectivity index (χ3v) is 3.64. The van der Waals surface area contributed by atoms with Crippen LogP contribution in [0.15, 0.2) is 59.4 Å². The van der Waals surface area contributed by atoms with Gasteiger partial charge < -0.3 is 4.98 Å². The van der Waals surface area contributed by atoms with Crippen LogP contribution in [0.5, 0.6) is 0 Å². The monoisotopic (exact) mass is 341 g/mol. The standard InChI is InChI=1S/C17H12ClN3O3/c18-11-7-5-10(6-8-11)16(23)20-21-17(24)13-9-15(22)19-14-4-2-1-3-12(13)14/h1-9H,(H,19,22)(H,20,23)(H,21,24). The van der Waals surface area contributed by atoms with Gasteiger partial charge in [0.1, 0.15) is 0 Å². The van der Waals surface area contributed by atoms with Crippen LogP contribution in [-0.2, 0) is 0 Å². The summed E-state index contributed by atoms with van der Waals surface area (Å²) in [5, 5.41) is 1.08. The summed E-state index contributed by atoms with van der Waals surface area (Å²) in [6, 6.07) is 14.3. The molecule has 0 saturated heterocycles. The van der Waals surface area contributed by atoms with Crippen molar-refractivity contribution in [3.63, 3.8) is 0 Å². The van der Waals surface area contributed by atoms with Gasteiger partial charge in [0.2, 0.25) is 5.56 Å². The van der Waals surface area contributed by atoms with Gasteiger partial charge in [0.25, 0.3) is 11.8 Å². The second kappa shape index (κ2) is 6.55. The average Bonchev–Trinajstić information content (AvgIpc) is 2.59. The number of hydrazine groups is 1. The molecule has 2 aromatic carbocycles. The Morgan fingerprint density at radius 2 is 1.58 bits per heavy atom. The number of fused-ring (bicyclic) bond motifs is 1. The van der Waals surface area contributed by atoms with E-state index in [4.69, 9.17) is 11.6 Å². The molecule has 120 valence electrons. The van der Waals surface area contributed by atoms with E-state index in [0.29, 0.717) is 21.5 Å². The van der Waals surface area contributed by atoms with E-state index in [1.54, 1.807) is 36.4 Å². The zero-order valence-corrected chi connectivity index (χ0v) is 13.1. The molecule has 2 amide bonds. The number of rotatable bonds is 2. The summed E-state index contributed by atoms with van der Waals surface area (Å²) in [4.78, 5) is 38.6. The van der Waals surface area contributed by atoms with E-state index in [1.165, 1.54) is 18.2 Å². The van der Waals surface area contributed by atoms with Crippen LogP contribution >= 0.6 is 11.6 Å². The number of nitrogens with one attached hydrogen (secondary N) is 3. The van der Waals surface area contributed by atoms with Crippen molar-refractivity contribution >= 4 is 34.3 Å². The fourth-order valence-electron chi connectivity index (χ4n) is 2.25. The zero-order valence-electron chi connectivity index (χ0n) is 12.3. The Bertz CT molecular complexity index is 980. The van der Waals surface area contributed by atoms with Crippen LogP contribution in [0.3, 0.4) is 0 Å². The predicted octanol–water partition coefficient (Wildman–Crippen LogP) is 2.26. The Hall–Kier alpha value is -3.12. The van der Waals surface area contributed by atoms with Crippen molar-refractivity contribution in [2.45, 2.75) is 0 Å². The molecule has 1 heterocycles. The van der Waals surface area contributed by atoms with Crippen LogP contribution in [0, 0.1) is 0 Å². The first-order valence-electron chi connectivity index (χ1n) is 7.03. The minimum atomic E-state index is -0.584. The molecule has 0 spiro atoms. The van der Waals surface area contributed by atoms with Gasteiger partial charge in [0.15, 0.2) is 0 Å². The molecule has 0 fully saturated rings. The number of hydrogen-bond acceptors (Lipinski definition) is 3. The number of halogens is 1. The molecular formula is C17H12ClN3O3. The Kier molecular flexibility index (Phi) is 4.31. The molecule has 3 rings (SSSR count). The lowest BCUT2D eigenvalue weighted by atomic mass is 10.1. The highest BCUT2D eigenvalue weighted by atomic mass is 35.5. The maximum absolute atomic E-state index is 12.3. The Balaban J connectivity index is 1.79. The third kappa shape index (κ3) is 3.28. The van der Waals surface area contributed by atoms with Crippen LogP contribution in [0.1, 0.15) is 20.7 Å². The largest absolute Gasteiger partial charge is 0.322 e. The van der Waals surface area contributed by atoms with Crippen molar-refractivity contribution in [2.75, 3.05) is 0 Å². The highest BCUT2D eigenvalue weighted by molar-refractivity contribution is 6.30. The molecule has 0 aliphatic heterocycles. The first-order chi connectivity index (χ1) is 11.5. The number of hydrogen-bond donors (Lipinski definition) is 3. The van der Waals surface area contributed by atoms with Gasteiger partial charge in [-0.25, -0.2) is 0 Å². The molecular weight excluding hydrogens is 330 g/mol. The molecule has 24 heavy (non-hydrogen) atoms. The van der Waals surface area contributed by atoms with E-state index in [0.717, 1.165) is 0 Å². The molecule has 0 aliphatic rings. The number of carbonyl (C=O) groups excluding carboxylic acids is 2. The number of carbonyl (C=O) groups is 2. The molecule has 0 aliphatic carbocycles. The lowest BCUT2D eigenvalue weighted by molar-refractivity contribution is 0.0847. The Morgan fingerprint density at radius 1 is 0.917 bits per heavy atom. The van der Waals surface area contributed by atoms with Crippen molar-refractivity contribution in [1.29, 1.82) is 0 Å². The number of benzene rings is 2. The van der Waals surface area contributed by atoms with E-state index in [2.05, 4.69) is 15.8 Å². The number of aromatic amines is 1.